The fourth-order valence-electron chi connectivity index (χ4n) is 12.2. The summed E-state index contributed by atoms with van der Waals surface area (Å²) < 4.78 is 25.8. The number of hydrogen-bond donors (Lipinski definition) is 6. The molecule has 2 saturated carbocycles. The molecule has 0 radical (unpaired) electrons. The molecule has 0 amide bonds. The molecule has 1 spiro atoms. The molecule has 4 fully saturated rings. The van der Waals surface area contributed by atoms with Gasteiger partial charge in [0.05, 0.1) is 36.3 Å². The molecule has 9 rings (SSSR count). The van der Waals surface area contributed by atoms with Crippen LogP contribution in [-0.2, 0) is 20.6 Å². The van der Waals surface area contributed by atoms with Gasteiger partial charge in [-0.05, 0) is 121 Å². The summed E-state index contributed by atoms with van der Waals surface area (Å²) in [5.74, 6) is -1.29. The van der Waals surface area contributed by atoms with Crippen LogP contribution in [0.1, 0.15) is 83.2 Å². The lowest BCUT2D eigenvalue weighted by Gasteiger charge is -2.61. The zero-order valence-corrected chi connectivity index (χ0v) is 33.3. The SMILES string of the molecule is Cc1cc2cc(C(=O)O)cc(O[C@H]3O[C@H](CO)[C@@]4(C[C@H]5C6=C(CC=C6[C@]6(CCCO)COC[C@H]7CCC[C@H]5[C@H]76)CO4)[C@H](O)[C@H]3O)c2c(O)c1C(=O)CCc1ccccc1. The van der Waals surface area contributed by atoms with Crippen molar-refractivity contribution in [3.05, 3.63) is 93.6 Å². The number of aliphatic hydroxyl groups excluding tert-OH is 4. The van der Waals surface area contributed by atoms with Crippen molar-refractivity contribution in [2.24, 2.45) is 29.1 Å². The highest BCUT2D eigenvalue weighted by atomic mass is 16.7. The second-order valence-corrected chi connectivity index (χ2v) is 17.7. The van der Waals surface area contributed by atoms with Crippen molar-refractivity contribution < 1.29 is 59.2 Å². The Labute approximate surface area is 343 Å². The standard InChI is InChI=1S/C47H54O12/c1-25-17-29-18-30(44(54)55)19-35(39(29)41(51)37(25)34(50)14-11-26-7-3-2-4-8-26)58-45-42(52)43(53)47(36(21-49)59-45)20-32-31-10-5-9-28-22-56-24-46(40(28)31,15-6-16-48)33-13-12-27(23-57-47)38(32)33/h2-4,7-8,13,17-19,28,31-32,36,40,42-43,45,48-49,51-53H,5-6,9-12,14-16,20-24H2,1H3,(H,54,55)/t28-,31-,32-,36-,40+,42-,43-,45+,46+,47+/m1/s1. The van der Waals surface area contributed by atoms with Crippen LogP contribution in [0, 0.1) is 36.0 Å². The number of fused-ring (bicyclic) bond motifs is 3. The van der Waals surface area contributed by atoms with Crippen molar-refractivity contribution in [3.63, 3.8) is 0 Å². The number of carbonyl (C=O) groups is 2. The minimum atomic E-state index is -1.72. The van der Waals surface area contributed by atoms with Crippen molar-refractivity contribution in [1.82, 2.24) is 0 Å². The molecule has 12 nitrogen and oxygen atoms in total. The van der Waals surface area contributed by atoms with Gasteiger partial charge in [0.1, 0.15) is 35.4 Å². The van der Waals surface area contributed by atoms with Crippen LogP contribution in [0.25, 0.3) is 10.8 Å². The Hall–Kier alpha value is -4.14. The molecule has 59 heavy (non-hydrogen) atoms. The van der Waals surface area contributed by atoms with Crippen molar-refractivity contribution in [1.29, 1.82) is 0 Å². The number of Topliss-reactive ketones (excluding diaryl/α,β-unsaturated/α-hetero) is 1. The van der Waals surface area contributed by atoms with Crippen LogP contribution < -0.4 is 4.74 Å². The first-order valence-electron chi connectivity index (χ1n) is 21.2. The fraction of sp³-hybridized carbons (Fsp3) is 0.532. The van der Waals surface area contributed by atoms with Gasteiger partial charge in [0.25, 0.3) is 0 Å². The molecule has 3 aromatic carbocycles. The minimum absolute atomic E-state index is 0.0411. The van der Waals surface area contributed by atoms with Crippen molar-refractivity contribution in [3.8, 4) is 11.5 Å². The molecular formula is C47H54O12. The summed E-state index contributed by atoms with van der Waals surface area (Å²) >= 11 is 0. The monoisotopic (exact) mass is 810 g/mol. The maximum absolute atomic E-state index is 13.7. The highest BCUT2D eigenvalue weighted by molar-refractivity contribution is 6.09. The van der Waals surface area contributed by atoms with E-state index < -0.39 is 48.5 Å². The number of carboxylic acid groups (broad SMARTS) is 1. The van der Waals surface area contributed by atoms with Gasteiger partial charge in [0, 0.05) is 25.0 Å². The van der Waals surface area contributed by atoms with Crippen LogP contribution >= 0.6 is 0 Å². The number of benzene rings is 3. The summed E-state index contributed by atoms with van der Waals surface area (Å²) in [6.07, 6.45) is 2.32. The summed E-state index contributed by atoms with van der Waals surface area (Å²) in [7, 11) is 0. The Balaban J connectivity index is 1.04. The average molecular weight is 811 g/mol. The quantitative estimate of drug-likeness (QED) is 0.135. The molecule has 6 N–H and O–H groups in total. The van der Waals surface area contributed by atoms with E-state index in [0.29, 0.717) is 55.3 Å². The Morgan fingerprint density at radius 3 is 2.63 bits per heavy atom. The summed E-state index contributed by atoms with van der Waals surface area (Å²) in [6, 6.07) is 13.7. The number of carboxylic acids is 1. The highest BCUT2D eigenvalue weighted by Gasteiger charge is 2.65. The van der Waals surface area contributed by atoms with E-state index in [1.807, 2.05) is 30.3 Å². The van der Waals surface area contributed by atoms with Gasteiger partial charge >= 0.3 is 5.97 Å². The topological polar surface area (TPSA) is 192 Å². The van der Waals surface area contributed by atoms with E-state index >= 15 is 0 Å². The number of phenols is 1. The van der Waals surface area contributed by atoms with E-state index in [-0.39, 0.29) is 71.4 Å². The smallest absolute Gasteiger partial charge is 0.335 e. The molecular weight excluding hydrogens is 757 g/mol. The zero-order valence-electron chi connectivity index (χ0n) is 33.3. The maximum atomic E-state index is 13.7. The van der Waals surface area contributed by atoms with E-state index in [2.05, 4.69) is 6.08 Å². The normalized spacial score (nSPS) is 33.6. The second-order valence-electron chi connectivity index (χ2n) is 17.7. The van der Waals surface area contributed by atoms with E-state index in [1.165, 1.54) is 23.3 Å². The number of aromatic hydroxyl groups is 1. The summed E-state index contributed by atoms with van der Waals surface area (Å²) in [4.78, 5) is 26.0. The lowest BCUT2D eigenvalue weighted by atomic mass is 9.46. The van der Waals surface area contributed by atoms with Gasteiger partial charge < -0.3 is 49.6 Å². The second kappa shape index (κ2) is 15.7. The van der Waals surface area contributed by atoms with Crippen molar-refractivity contribution in [2.45, 2.75) is 94.9 Å². The third-order valence-corrected chi connectivity index (χ3v) is 14.6. The van der Waals surface area contributed by atoms with Crippen LogP contribution in [0.4, 0.5) is 0 Å². The number of ether oxygens (including phenoxy) is 4. The molecule has 0 unspecified atom stereocenters. The Morgan fingerprint density at radius 1 is 1.05 bits per heavy atom. The van der Waals surface area contributed by atoms with E-state index in [0.717, 1.165) is 36.8 Å². The molecule has 2 saturated heterocycles. The number of phenolic OH excluding ortho intramolecular Hbond substituents is 1. The summed E-state index contributed by atoms with van der Waals surface area (Å²) in [5.41, 5.74) is 3.19. The predicted molar refractivity (Wildman–Crippen MR) is 215 cm³/mol. The van der Waals surface area contributed by atoms with Gasteiger partial charge in [0.15, 0.2) is 5.78 Å². The Morgan fingerprint density at radius 2 is 1.86 bits per heavy atom. The molecule has 10 atom stereocenters. The molecule has 3 aromatic rings. The Kier molecular flexibility index (Phi) is 10.7. The molecule has 12 heteroatoms. The third kappa shape index (κ3) is 6.54. The number of allylic oxidation sites excluding steroid dienone is 2. The number of hydrogen-bond acceptors (Lipinski definition) is 11. The highest BCUT2D eigenvalue weighted by Crippen LogP contribution is 2.67. The molecule has 6 aliphatic rings. The van der Waals surface area contributed by atoms with Gasteiger partial charge in [-0.25, -0.2) is 4.79 Å². The van der Waals surface area contributed by atoms with Gasteiger partial charge in [-0.3, -0.25) is 4.79 Å². The number of rotatable bonds is 11. The van der Waals surface area contributed by atoms with Crippen LogP contribution in [0.2, 0.25) is 0 Å². The molecule has 3 aliphatic heterocycles. The molecule has 0 aromatic heterocycles. The van der Waals surface area contributed by atoms with Crippen LogP contribution in [0.15, 0.2) is 71.3 Å². The van der Waals surface area contributed by atoms with Gasteiger partial charge in [-0.1, -0.05) is 48.9 Å². The Bertz CT molecular complexity index is 2190. The molecule has 3 heterocycles. The number of carbonyl (C=O) groups excluding carboxylic acids is 1. The fourth-order valence-corrected chi connectivity index (χ4v) is 12.2. The van der Waals surface area contributed by atoms with Gasteiger partial charge in [-0.15, -0.1) is 0 Å². The molecule has 0 bridgehead atoms. The maximum Gasteiger partial charge on any atom is 0.335 e. The number of aromatic carboxylic acids is 1. The van der Waals surface area contributed by atoms with Crippen LogP contribution in [-0.4, -0.2) is 106 Å². The van der Waals surface area contributed by atoms with Crippen molar-refractivity contribution >= 4 is 22.5 Å². The molecule has 3 aliphatic carbocycles. The lowest BCUT2D eigenvalue weighted by molar-refractivity contribution is -0.326. The van der Waals surface area contributed by atoms with Crippen molar-refractivity contribution in [2.75, 3.05) is 33.0 Å². The lowest BCUT2D eigenvalue weighted by Crippen LogP contribution is -2.69. The summed E-state index contributed by atoms with van der Waals surface area (Å²) in [6.45, 7) is 2.66. The predicted octanol–water partition coefficient (Wildman–Crippen LogP) is 5.42. The van der Waals surface area contributed by atoms with E-state index in [9.17, 15) is 40.2 Å². The zero-order chi connectivity index (χ0) is 41.2. The first kappa shape index (κ1) is 40.3. The van der Waals surface area contributed by atoms with Gasteiger partial charge in [-0.2, -0.15) is 0 Å². The van der Waals surface area contributed by atoms with E-state index in [1.54, 1.807) is 13.0 Å². The summed E-state index contributed by atoms with van der Waals surface area (Å²) in [5, 5.41) is 67.5. The van der Waals surface area contributed by atoms with Crippen LogP contribution in [0.3, 0.4) is 0 Å². The van der Waals surface area contributed by atoms with Gasteiger partial charge in [0.2, 0.25) is 6.29 Å². The largest absolute Gasteiger partial charge is 0.506 e. The number of aliphatic hydroxyl groups is 4. The first-order valence-corrected chi connectivity index (χ1v) is 21.2. The molecule has 314 valence electrons. The average Bonchev–Trinajstić information content (AvgIpc) is 3.60. The van der Waals surface area contributed by atoms with Crippen LogP contribution in [0.5, 0.6) is 11.5 Å². The number of aryl methyl sites for hydroxylation is 2. The minimum Gasteiger partial charge on any atom is -0.506 e. The number of ketones is 1. The van der Waals surface area contributed by atoms with E-state index in [4.69, 9.17) is 18.9 Å². The first-order chi connectivity index (χ1) is 28.5. The third-order valence-electron chi connectivity index (χ3n) is 14.6.